The maximum absolute atomic E-state index is 11.5. The van der Waals surface area contributed by atoms with Crippen LogP contribution >= 0.6 is 23.2 Å². The lowest BCUT2D eigenvalue weighted by atomic mass is 10.1. The van der Waals surface area contributed by atoms with E-state index in [2.05, 4.69) is 0 Å². The smallest absolute Gasteiger partial charge is 0.313 e. The van der Waals surface area contributed by atoms with Gasteiger partial charge in [-0.25, -0.2) is 0 Å². The predicted octanol–water partition coefficient (Wildman–Crippen LogP) is 3.92. The van der Waals surface area contributed by atoms with Gasteiger partial charge in [-0.1, -0.05) is 23.2 Å². The summed E-state index contributed by atoms with van der Waals surface area (Å²) in [6.45, 7) is 3.45. The van der Waals surface area contributed by atoms with Crippen molar-refractivity contribution >= 4 is 41.0 Å². The summed E-state index contributed by atoms with van der Waals surface area (Å²) in [5.74, 6) is -0.886. The van der Waals surface area contributed by atoms with Crippen LogP contribution in [0.25, 0.3) is 6.08 Å². The Labute approximate surface area is 122 Å². The Bertz CT molecular complexity index is 507. The molecule has 3 nitrogen and oxygen atoms in total. The standard InChI is InChI=1S/C14H14Cl2O3/c1-9(2)19-14(18)8-12(17)5-3-10-7-11(15)4-6-13(10)16/h3-7,9H,8H2,1-2H3. The highest BCUT2D eigenvalue weighted by Crippen LogP contribution is 2.21. The number of esters is 1. The minimum absolute atomic E-state index is 0.230. The average molecular weight is 301 g/mol. The van der Waals surface area contributed by atoms with Crippen molar-refractivity contribution < 1.29 is 14.3 Å². The number of halogens is 2. The van der Waals surface area contributed by atoms with Gasteiger partial charge in [0, 0.05) is 10.0 Å². The van der Waals surface area contributed by atoms with Crippen LogP contribution in [0.5, 0.6) is 0 Å². The van der Waals surface area contributed by atoms with Crippen LogP contribution in [-0.2, 0) is 14.3 Å². The zero-order chi connectivity index (χ0) is 14.4. The number of ketones is 1. The van der Waals surface area contributed by atoms with Crippen LogP contribution in [0.3, 0.4) is 0 Å². The second kappa shape index (κ2) is 7.31. The minimum Gasteiger partial charge on any atom is -0.463 e. The molecule has 1 aromatic carbocycles. The van der Waals surface area contributed by atoms with Crippen LogP contribution in [0.15, 0.2) is 24.3 Å². The summed E-state index contributed by atoms with van der Waals surface area (Å²) in [6.07, 6.45) is 2.30. The highest BCUT2D eigenvalue weighted by Gasteiger charge is 2.09. The molecule has 0 aliphatic rings. The molecule has 0 saturated carbocycles. The summed E-state index contributed by atoms with van der Waals surface area (Å²) in [7, 11) is 0. The number of rotatable bonds is 5. The molecule has 0 atom stereocenters. The molecule has 0 fully saturated rings. The second-order valence-electron chi connectivity index (χ2n) is 4.18. The van der Waals surface area contributed by atoms with E-state index < -0.39 is 5.97 Å². The van der Waals surface area contributed by atoms with Gasteiger partial charge < -0.3 is 4.74 Å². The quantitative estimate of drug-likeness (QED) is 0.470. The van der Waals surface area contributed by atoms with E-state index in [9.17, 15) is 9.59 Å². The molecule has 0 aliphatic carbocycles. The second-order valence-corrected chi connectivity index (χ2v) is 5.02. The number of ether oxygens (including phenoxy) is 1. The molecule has 0 saturated heterocycles. The number of carbonyl (C=O) groups excluding carboxylic acids is 2. The Balaban J connectivity index is 2.63. The first kappa shape index (κ1) is 15.7. The van der Waals surface area contributed by atoms with Gasteiger partial charge in [0.15, 0.2) is 5.78 Å². The highest BCUT2D eigenvalue weighted by atomic mass is 35.5. The molecule has 19 heavy (non-hydrogen) atoms. The third-order valence-electron chi connectivity index (χ3n) is 2.09. The Morgan fingerprint density at radius 2 is 2.00 bits per heavy atom. The largest absolute Gasteiger partial charge is 0.463 e. The van der Waals surface area contributed by atoms with E-state index in [1.807, 2.05) is 0 Å². The van der Waals surface area contributed by atoms with E-state index in [1.54, 1.807) is 32.0 Å². The molecule has 102 valence electrons. The summed E-state index contributed by atoms with van der Waals surface area (Å²) in [5, 5.41) is 1.01. The van der Waals surface area contributed by atoms with Gasteiger partial charge in [-0.05, 0) is 49.8 Å². The Hall–Kier alpha value is -1.32. The summed E-state index contributed by atoms with van der Waals surface area (Å²) in [4.78, 5) is 22.8. The van der Waals surface area contributed by atoms with Gasteiger partial charge >= 0.3 is 5.97 Å². The molecule has 0 aromatic heterocycles. The van der Waals surface area contributed by atoms with Crippen molar-refractivity contribution in [1.29, 1.82) is 0 Å². The van der Waals surface area contributed by atoms with E-state index in [4.69, 9.17) is 27.9 Å². The average Bonchev–Trinajstić information content (AvgIpc) is 2.29. The molecule has 0 amide bonds. The molecule has 0 spiro atoms. The molecule has 5 heteroatoms. The number of benzene rings is 1. The van der Waals surface area contributed by atoms with Crippen LogP contribution in [-0.4, -0.2) is 17.9 Å². The van der Waals surface area contributed by atoms with Crippen molar-refractivity contribution in [2.24, 2.45) is 0 Å². The van der Waals surface area contributed by atoms with E-state index in [1.165, 1.54) is 12.2 Å². The Morgan fingerprint density at radius 3 is 2.63 bits per heavy atom. The minimum atomic E-state index is -0.540. The van der Waals surface area contributed by atoms with Gasteiger partial charge in [0.2, 0.25) is 0 Å². The van der Waals surface area contributed by atoms with E-state index >= 15 is 0 Å². The van der Waals surface area contributed by atoms with Crippen LogP contribution in [0.4, 0.5) is 0 Å². The first-order chi connectivity index (χ1) is 8.88. The van der Waals surface area contributed by atoms with Gasteiger partial charge in [-0.3, -0.25) is 9.59 Å². The molecule has 0 heterocycles. The molecule has 0 N–H and O–H groups in total. The maximum atomic E-state index is 11.5. The third-order valence-corrected chi connectivity index (χ3v) is 2.67. The highest BCUT2D eigenvalue weighted by molar-refractivity contribution is 6.34. The van der Waals surface area contributed by atoms with E-state index in [0.29, 0.717) is 15.6 Å². The SMILES string of the molecule is CC(C)OC(=O)CC(=O)C=Cc1cc(Cl)ccc1Cl. The van der Waals surface area contributed by atoms with E-state index in [0.717, 1.165) is 0 Å². The lowest BCUT2D eigenvalue weighted by Crippen LogP contribution is -2.14. The molecular weight excluding hydrogens is 287 g/mol. The maximum Gasteiger partial charge on any atom is 0.313 e. The van der Waals surface area contributed by atoms with Crippen molar-refractivity contribution in [3.8, 4) is 0 Å². The molecule has 0 aliphatic heterocycles. The normalized spacial score (nSPS) is 11.0. The predicted molar refractivity (Wildman–Crippen MR) is 76.3 cm³/mol. The van der Waals surface area contributed by atoms with Crippen LogP contribution in [0, 0.1) is 0 Å². The number of hydrogen-bond acceptors (Lipinski definition) is 3. The number of allylic oxidation sites excluding steroid dienone is 1. The topological polar surface area (TPSA) is 43.4 Å². The lowest BCUT2D eigenvalue weighted by molar-refractivity contribution is -0.148. The number of carbonyl (C=O) groups is 2. The molecular formula is C14H14Cl2O3. The summed E-state index contributed by atoms with van der Waals surface area (Å²) < 4.78 is 4.87. The van der Waals surface area contributed by atoms with Crippen LogP contribution in [0.1, 0.15) is 25.8 Å². The van der Waals surface area contributed by atoms with E-state index in [-0.39, 0.29) is 18.3 Å². The van der Waals surface area contributed by atoms with Crippen molar-refractivity contribution in [2.75, 3.05) is 0 Å². The van der Waals surface area contributed by atoms with Crippen molar-refractivity contribution in [1.82, 2.24) is 0 Å². The molecule has 1 rings (SSSR count). The monoisotopic (exact) mass is 300 g/mol. The van der Waals surface area contributed by atoms with Crippen molar-refractivity contribution in [3.63, 3.8) is 0 Å². The Morgan fingerprint density at radius 1 is 1.32 bits per heavy atom. The summed E-state index contributed by atoms with van der Waals surface area (Å²) >= 11 is 11.8. The third kappa shape index (κ3) is 5.90. The van der Waals surface area contributed by atoms with Crippen LogP contribution in [0.2, 0.25) is 10.0 Å². The zero-order valence-corrected chi connectivity index (χ0v) is 12.2. The molecule has 1 aromatic rings. The van der Waals surface area contributed by atoms with Crippen molar-refractivity contribution in [3.05, 3.63) is 39.9 Å². The fourth-order valence-corrected chi connectivity index (χ4v) is 1.69. The molecule has 0 unspecified atom stereocenters. The van der Waals surface area contributed by atoms with Crippen LogP contribution < -0.4 is 0 Å². The molecule has 0 bridgehead atoms. The van der Waals surface area contributed by atoms with Gasteiger partial charge in [0.1, 0.15) is 6.42 Å². The summed E-state index contributed by atoms with van der Waals surface area (Å²) in [5.41, 5.74) is 0.625. The van der Waals surface area contributed by atoms with Gasteiger partial charge in [0.25, 0.3) is 0 Å². The van der Waals surface area contributed by atoms with Crippen molar-refractivity contribution in [2.45, 2.75) is 26.4 Å². The fourth-order valence-electron chi connectivity index (χ4n) is 1.33. The van der Waals surface area contributed by atoms with Gasteiger partial charge in [0.05, 0.1) is 6.10 Å². The first-order valence-corrected chi connectivity index (χ1v) is 6.49. The molecule has 0 radical (unpaired) electrons. The van der Waals surface area contributed by atoms with Gasteiger partial charge in [-0.15, -0.1) is 0 Å². The van der Waals surface area contributed by atoms with Gasteiger partial charge in [-0.2, -0.15) is 0 Å². The fraction of sp³-hybridized carbons (Fsp3) is 0.286. The zero-order valence-electron chi connectivity index (χ0n) is 10.7. The summed E-state index contributed by atoms with van der Waals surface area (Å²) in [6, 6.07) is 4.93. The lowest BCUT2D eigenvalue weighted by Gasteiger charge is -2.05. The number of hydrogen-bond donors (Lipinski definition) is 0. The Kier molecular flexibility index (Phi) is 6.06. The first-order valence-electron chi connectivity index (χ1n) is 5.74.